The Hall–Kier alpha value is -2.59. The number of carbonyl (C=O) groups is 2. The number of anilines is 1. The number of carbonyl (C=O) groups excluding carboxylic acids is 2. The van der Waals surface area contributed by atoms with E-state index in [2.05, 4.69) is 16.9 Å². The minimum Gasteiger partial charge on any atom is -0.462 e. The molecule has 10 heteroatoms. The Kier molecular flexibility index (Phi) is 7.91. The highest BCUT2D eigenvalue weighted by Gasteiger charge is 2.23. The van der Waals surface area contributed by atoms with Crippen molar-refractivity contribution < 1.29 is 14.3 Å². The van der Waals surface area contributed by atoms with Crippen LogP contribution in [0.5, 0.6) is 0 Å². The van der Waals surface area contributed by atoms with Gasteiger partial charge in [0, 0.05) is 19.5 Å². The average Bonchev–Trinajstić information content (AvgIpc) is 3.38. The van der Waals surface area contributed by atoms with E-state index >= 15 is 0 Å². The lowest BCUT2D eigenvalue weighted by Gasteiger charge is -2.20. The van der Waals surface area contributed by atoms with Crippen LogP contribution < -0.4 is 10.5 Å². The minimum atomic E-state index is -0.425. The summed E-state index contributed by atoms with van der Waals surface area (Å²) in [5, 5.41) is 2.88. The highest BCUT2D eigenvalue weighted by Crippen LogP contribution is 2.28. The smallest absolute Gasteiger partial charge is 0.350 e. The van der Waals surface area contributed by atoms with Crippen LogP contribution in [0.3, 0.4) is 0 Å². The molecule has 3 rings (SSSR count). The van der Waals surface area contributed by atoms with Gasteiger partial charge in [-0.3, -0.25) is 19.1 Å². The maximum Gasteiger partial charge on any atom is 0.350 e. The molecule has 0 N–H and O–H groups in total. The van der Waals surface area contributed by atoms with Gasteiger partial charge in [0.25, 0.3) is 5.56 Å². The average molecular weight is 463 g/mol. The Morgan fingerprint density at radius 1 is 1.26 bits per heavy atom. The van der Waals surface area contributed by atoms with Crippen molar-refractivity contribution in [1.82, 2.24) is 14.5 Å². The number of aryl methyl sites for hydroxylation is 2. The van der Waals surface area contributed by atoms with Crippen molar-refractivity contribution in [2.75, 3.05) is 18.1 Å². The molecule has 0 aliphatic rings. The van der Waals surface area contributed by atoms with Gasteiger partial charge in [0.1, 0.15) is 9.71 Å². The molecule has 0 unspecified atom stereocenters. The number of thiophene rings is 1. The fourth-order valence-corrected chi connectivity index (χ4v) is 4.86. The van der Waals surface area contributed by atoms with Gasteiger partial charge >= 0.3 is 5.97 Å². The van der Waals surface area contributed by atoms with Crippen LogP contribution in [0.4, 0.5) is 5.13 Å². The van der Waals surface area contributed by atoms with Gasteiger partial charge in [0.15, 0.2) is 5.13 Å². The van der Waals surface area contributed by atoms with E-state index in [9.17, 15) is 14.4 Å². The fraction of sp³-hybridized carbons (Fsp3) is 0.476. The number of esters is 1. The number of nitrogens with zero attached hydrogens (tertiary/aromatic N) is 4. The van der Waals surface area contributed by atoms with Crippen molar-refractivity contribution in [1.29, 1.82) is 0 Å². The van der Waals surface area contributed by atoms with Crippen LogP contribution in [0.2, 0.25) is 0 Å². The Labute approximate surface area is 188 Å². The standard InChI is InChI=1S/C21H26N4O4S2/c1-4-6-7-10-25(21-23-14(3)17(31-21)20(28)29-5-2)16(26)8-11-24-13-22-18-15(19(24)27)9-12-30-18/h9,12-13H,4-8,10-11H2,1-3H3. The van der Waals surface area contributed by atoms with Gasteiger partial charge in [-0.05, 0) is 31.7 Å². The zero-order chi connectivity index (χ0) is 22.4. The Morgan fingerprint density at radius 3 is 2.81 bits per heavy atom. The van der Waals surface area contributed by atoms with E-state index in [1.54, 1.807) is 24.8 Å². The minimum absolute atomic E-state index is 0.136. The molecule has 0 saturated carbocycles. The lowest BCUT2D eigenvalue weighted by atomic mass is 10.2. The van der Waals surface area contributed by atoms with E-state index in [0.717, 1.165) is 19.3 Å². The number of unbranched alkanes of at least 4 members (excludes halogenated alkanes) is 2. The van der Waals surface area contributed by atoms with Crippen LogP contribution in [0, 0.1) is 6.92 Å². The fourth-order valence-electron chi connectivity index (χ4n) is 3.13. The zero-order valence-corrected chi connectivity index (χ0v) is 19.6. The van der Waals surface area contributed by atoms with Crippen LogP contribution in [-0.2, 0) is 16.1 Å². The molecule has 166 valence electrons. The molecule has 0 spiro atoms. The molecular formula is C21H26N4O4S2. The maximum absolute atomic E-state index is 13.1. The molecule has 0 fully saturated rings. The molecule has 31 heavy (non-hydrogen) atoms. The number of amides is 1. The molecule has 3 aromatic heterocycles. The Morgan fingerprint density at radius 2 is 2.06 bits per heavy atom. The molecule has 0 aliphatic carbocycles. The molecule has 1 amide bonds. The Bertz CT molecular complexity index is 1120. The summed E-state index contributed by atoms with van der Waals surface area (Å²) >= 11 is 2.58. The second-order valence-electron chi connectivity index (χ2n) is 7.02. The summed E-state index contributed by atoms with van der Waals surface area (Å²) in [6.07, 6.45) is 4.46. The van der Waals surface area contributed by atoms with Crippen LogP contribution in [0.25, 0.3) is 10.2 Å². The second-order valence-corrected chi connectivity index (χ2v) is 8.89. The van der Waals surface area contributed by atoms with E-state index in [1.165, 1.54) is 33.6 Å². The topological polar surface area (TPSA) is 94.4 Å². The second kappa shape index (κ2) is 10.6. The van der Waals surface area contributed by atoms with E-state index < -0.39 is 5.97 Å². The van der Waals surface area contributed by atoms with Crippen LogP contribution in [0.15, 0.2) is 22.6 Å². The van der Waals surface area contributed by atoms with Gasteiger partial charge in [0.05, 0.1) is 24.0 Å². The number of ether oxygens (including phenoxy) is 1. The SMILES string of the molecule is CCCCCN(C(=O)CCn1cnc2sccc2c1=O)c1nc(C)c(C(=O)OCC)s1. The normalized spacial score (nSPS) is 11.1. The predicted molar refractivity (Wildman–Crippen MR) is 123 cm³/mol. The number of hydrogen-bond acceptors (Lipinski definition) is 8. The van der Waals surface area contributed by atoms with Crippen LogP contribution in [-0.4, -0.2) is 39.6 Å². The molecule has 0 aliphatic heterocycles. The summed E-state index contributed by atoms with van der Waals surface area (Å²) in [6.45, 7) is 6.61. The van der Waals surface area contributed by atoms with E-state index in [1.807, 2.05) is 5.38 Å². The highest BCUT2D eigenvalue weighted by molar-refractivity contribution is 7.17. The number of fused-ring (bicyclic) bond motifs is 1. The molecule has 3 heterocycles. The Balaban J connectivity index is 1.78. The van der Waals surface area contributed by atoms with Crippen molar-refractivity contribution in [3.63, 3.8) is 0 Å². The van der Waals surface area contributed by atoms with Gasteiger partial charge in [-0.25, -0.2) is 14.8 Å². The molecule has 0 aromatic carbocycles. The van der Waals surface area contributed by atoms with Crippen molar-refractivity contribution in [3.05, 3.63) is 38.7 Å². The molecule has 8 nitrogen and oxygen atoms in total. The molecule has 0 atom stereocenters. The highest BCUT2D eigenvalue weighted by atomic mass is 32.1. The predicted octanol–water partition coefficient (Wildman–Crippen LogP) is 4.01. The number of aromatic nitrogens is 3. The largest absolute Gasteiger partial charge is 0.462 e. The first-order valence-electron chi connectivity index (χ1n) is 10.3. The van der Waals surface area contributed by atoms with E-state index in [0.29, 0.717) is 32.5 Å². The third-order valence-electron chi connectivity index (χ3n) is 4.78. The molecule has 3 aromatic rings. The molecule has 0 bridgehead atoms. The maximum atomic E-state index is 13.1. The van der Waals surface area contributed by atoms with Gasteiger partial charge in [-0.15, -0.1) is 11.3 Å². The van der Waals surface area contributed by atoms with Crippen LogP contribution in [0.1, 0.15) is 54.9 Å². The van der Waals surface area contributed by atoms with E-state index in [-0.39, 0.29) is 31.0 Å². The van der Waals surface area contributed by atoms with Gasteiger partial charge < -0.3 is 4.74 Å². The summed E-state index contributed by atoms with van der Waals surface area (Å²) in [6, 6.07) is 1.75. The quantitative estimate of drug-likeness (QED) is 0.334. The first-order chi connectivity index (χ1) is 15.0. The van der Waals surface area contributed by atoms with Crippen LogP contribution >= 0.6 is 22.7 Å². The van der Waals surface area contributed by atoms with E-state index in [4.69, 9.17) is 4.74 Å². The monoisotopic (exact) mass is 462 g/mol. The van der Waals surface area contributed by atoms with Gasteiger partial charge in [0.2, 0.25) is 5.91 Å². The third-order valence-corrected chi connectivity index (χ3v) is 6.76. The third kappa shape index (κ3) is 5.37. The van der Waals surface area contributed by atoms with Crippen molar-refractivity contribution >= 4 is 49.9 Å². The molecular weight excluding hydrogens is 436 g/mol. The summed E-state index contributed by atoms with van der Waals surface area (Å²) < 4.78 is 6.56. The first kappa shape index (κ1) is 23.1. The van der Waals surface area contributed by atoms with Crippen molar-refractivity contribution in [2.24, 2.45) is 0 Å². The summed E-state index contributed by atoms with van der Waals surface area (Å²) in [4.78, 5) is 49.3. The van der Waals surface area contributed by atoms with Gasteiger partial charge in [-0.2, -0.15) is 0 Å². The summed E-state index contributed by atoms with van der Waals surface area (Å²) in [7, 11) is 0. The number of hydrogen-bond donors (Lipinski definition) is 0. The zero-order valence-electron chi connectivity index (χ0n) is 17.9. The number of rotatable bonds is 10. The van der Waals surface area contributed by atoms with Crippen molar-refractivity contribution in [2.45, 2.75) is 53.0 Å². The lowest BCUT2D eigenvalue weighted by Crippen LogP contribution is -2.33. The summed E-state index contributed by atoms with van der Waals surface area (Å²) in [5.41, 5.74) is 0.404. The molecule has 0 saturated heterocycles. The number of thiazole rings is 1. The van der Waals surface area contributed by atoms with Gasteiger partial charge in [-0.1, -0.05) is 31.1 Å². The van der Waals surface area contributed by atoms with Crippen molar-refractivity contribution in [3.8, 4) is 0 Å². The lowest BCUT2D eigenvalue weighted by molar-refractivity contribution is -0.118. The summed E-state index contributed by atoms with van der Waals surface area (Å²) in [5.74, 6) is -0.566. The first-order valence-corrected chi connectivity index (χ1v) is 12.0. The molecule has 0 radical (unpaired) electrons.